The number of hydrogen-bond acceptors (Lipinski definition) is 2. The predicted octanol–water partition coefficient (Wildman–Crippen LogP) is 4.15. The molecule has 4 nitrogen and oxygen atoms in total. The van der Waals surface area contributed by atoms with Crippen LogP contribution in [0.1, 0.15) is 37.7 Å². The van der Waals surface area contributed by atoms with E-state index in [1.54, 1.807) is 4.90 Å². The highest BCUT2D eigenvalue weighted by molar-refractivity contribution is 5.80. The molecule has 0 spiro atoms. The highest BCUT2D eigenvalue weighted by Gasteiger charge is 2.36. The highest BCUT2D eigenvalue weighted by Crippen LogP contribution is 2.29. The Kier molecular flexibility index (Phi) is 5.98. The van der Waals surface area contributed by atoms with Gasteiger partial charge in [0, 0.05) is 38.5 Å². The molecule has 1 saturated carbocycles. The molecule has 1 aliphatic carbocycles. The summed E-state index contributed by atoms with van der Waals surface area (Å²) in [6.45, 7) is 1.47. The number of carbonyl (C=O) groups excluding carboxylic acids is 2. The molecule has 0 bridgehead atoms. The molecule has 4 heteroatoms. The van der Waals surface area contributed by atoms with Crippen LogP contribution in [0.5, 0.6) is 0 Å². The average Bonchev–Trinajstić information content (AvgIpc) is 3.39. The normalized spacial score (nSPS) is 19.7. The summed E-state index contributed by atoms with van der Waals surface area (Å²) >= 11 is 0. The zero-order valence-electron chi connectivity index (χ0n) is 17.2. The molecule has 1 saturated heterocycles. The van der Waals surface area contributed by atoms with E-state index in [2.05, 4.69) is 29.2 Å². The van der Waals surface area contributed by atoms with Gasteiger partial charge in [-0.25, -0.2) is 0 Å². The van der Waals surface area contributed by atoms with E-state index in [0.717, 1.165) is 30.5 Å². The molecule has 1 heterocycles. The van der Waals surface area contributed by atoms with E-state index < -0.39 is 0 Å². The fourth-order valence-electron chi connectivity index (χ4n) is 4.74. The first-order chi connectivity index (χ1) is 14.1. The number of likely N-dealkylation sites (N-methyl/N-ethyl adjacent to an activating group) is 1. The van der Waals surface area contributed by atoms with E-state index >= 15 is 0 Å². The van der Waals surface area contributed by atoms with Gasteiger partial charge in [0.2, 0.25) is 11.8 Å². The first-order valence-corrected chi connectivity index (χ1v) is 10.8. The number of carbonyl (C=O) groups is 2. The van der Waals surface area contributed by atoms with Crippen LogP contribution in [0, 0.1) is 5.92 Å². The van der Waals surface area contributed by atoms with Crippen molar-refractivity contribution in [3.8, 4) is 11.1 Å². The monoisotopic (exact) mass is 390 g/mol. The lowest BCUT2D eigenvalue weighted by molar-refractivity contribution is -0.130. The van der Waals surface area contributed by atoms with Crippen molar-refractivity contribution in [1.82, 2.24) is 9.80 Å². The van der Waals surface area contributed by atoms with Crippen molar-refractivity contribution >= 4 is 11.8 Å². The average molecular weight is 391 g/mol. The molecule has 2 amide bonds. The second-order valence-electron chi connectivity index (χ2n) is 8.57. The quantitative estimate of drug-likeness (QED) is 0.744. The standard InChI is InChI=1S/C25H30N2O2/c1-26(17-20-16-25(29)27(18-20)23-9-5-6-10-23)24(28)15-19-11-13-22(14-12-19)21-7-3-2-4-8-21/h2-4,7-8,11-14,20,23H,5-6,9-10,15-18H2,1H3. The van der Waals surface area contributed by atoms with Crippen molar-refractivity contribution in [1.29, 1.82) is 0 Å². The lowest BCUT2D eigenvalue weighted by atomic mass is 10.0. The Morgan fingerprint density at radius 1 is 1.00 bits per heavy atom. The van der Waals surface area contributed by atoms with Crippen molar-refractivity contribution in [3.05, 3.63) is 60.2 Å². The minimum absolute atomic E-state index is 0.115. The largest absolute Gasteiger partial charge is 0.345 e. The van der Waals surface area contributed by atoms with Gasteiger partial charge < -0.3 is 9.80 Å². The topological polar surface area (TPSA) is 40.6 Å². The Bertz CT molecular complexity index is 841. The van der Waals surface area contributed by atoms with E-state index in [1.807, 2.05) is 37.4 Å². The summed E-state index contributed by atoms with van der Waals surface area (Å²) in [4.78, 5) is 29.0. The van der Waals surface area contributed by atoms with E-state index in [0.29, 0.717) is 25.4 Å². The van der Waals surface area contributed by atoms with E-state index in [4.69, 9.17) is 0 Å². The number of benzene rings is 2. The number of likely N-dealkylation sites (tertiary alicyclic amines) is 1. The third kappa shape index (κ3) is 4.69. The summed E-state index contributed by atoms with van der Waals surface area (Å²) in [5.74, 6) is 0.654. The fraction of sp³-hybridized carbons (Fsp3) is 0.440. The Morgan fingerprint density at radius 2 is 1.66 bits per heavy atom. The molecule has 2 fully saturated rings. The maximum Gasteiger partial charge on any atom is 0.226 e. The van der Waals surface area contributed by atoms with Crippen LogP contribution in [0.4, 0.5) is 0 Å². The molecule has 2 aromatic carbocycles. The predicted molar refractivity (Wildman–Crippen MR) is 115 cm³/mol. The van der Waals surface area contributed by atoms with Crippen LogP contribution in [0.25, 0.3) is 11.1 Å². The van der Waals surface area contributed by atoms with Gasteiger partial charge in [0.15, 0.2) is 0 Å². The van der Waals surface area contributed by atoms with Crippen LogP contribution in [0.3, 0.4) is 0 Å². The molecular weight excluding hydrogens is 360 g/mol. The van der Waals surface area contributed by atoms with Crippen LogP contribution in [0.15, 0.2) is 54.6 Å². The minimum atomic E-state index is 0.115. The Hall–Kier alpha value is -2.62. The van der Waals surface area contributed by atoms with Crippen molar-refractivity contribution < 1.29 is 9.59 Å². The first-order valence-electron chi connectivity index (χ1n) is 10.8. The maximum atomic E-state index is 12.7. The van der Waals surface area contributed by atoms with E-state index in [-0.39, 0.29) is 17.7 Å². The highest BCUT2D eigenvalue weighted by atomic mass is 16.2. The maximum absolute atomic E-state index is 12.7. The summed E-state index contributed by atoms with van der Waals surface area (Å²) in [6.07, 6.45) is 5.75. The lowest BCUT2D eigenvalue weighted by Crippen LogP contribution is -2.36. The third-order valence-corrected chi connectivity index (χ3v) is 6.38. The van der Waals surface area contributed by atoms with Crippen molar-refractivity contribution in [2.45, 2.75) is 44.6 Å². The molecule has 2 aromatic rings. The van der Waals surface area contributed by atoms with Gasteiger partial charge in [-0.2, -0.15) is 0 Å². The molecule has 29 heavy (non-hydrogen) atoms. The summed E-state index contributed by atoms with van der Waals surface area (Å²) < 4.78 is 0. The van der Waals surface area contributed by atoms with Gasteiger partial charge in [-0.1, -0.05) is 67.4 Å². The van der Waals surface area contributed by atoms with Gasteiger partial charge in [-0.3, -0.25) is 9.59 Å². The SMILES string of the molecule is CN(CC1CC(=O)N(C2CCCC2)C1)C(=O)Cc1ccc(-c2ccccc2)cc1. The van der Waals surface area contributed by atoms with Crippen LogP contribution in [-0.4, -0.2) is 47.8 Å². The van der Waals surface area contributed by atoms with Gasteiger partial charge in [-0.05, 0) is 29.5 Å². The summed E-state index contributed by atoms with van der Waals surface area (Å²) in [6, 6.07) is 18.9. The number of amides is 2. The lowest BCUT2D eigenvalue weighted by Gasteiger charge is -2.25. The van der Waals surface area contributed by atoms with Gasteiger partial charge in [0.1, 0.15) is 0 Å². The molecule has 1 aliphatic heterocycles. The van der Waals surface area contributed by atoms with Gasteiger partial charge >= 0.3 is 0 Å². The summed E-state index contributed by atoms with van der Waals surface area (Å²) in [7, 11) is 1.86. The zero-order valence-corrected chi connectivity index (χ0v) is 17.2. The summed E-state index contributed by atoms with van der Waals surface area (Å²) in [5.41, 5.74) is 3.36. The Balaban J connectivity index is 1.30. The molecule has 0 radical (unpaired) electrons. The molecule has 0 N–H and O–H groups in total. The number of rotatable bonds is 6. The molecule has 0 aromatic heterocycles. The second-order valence-corrected chi connectivity index (χ2v) is 8.57. The Labute approximate surface area is 173 Å². The fourth-order valence-corrected chi connectivity index (χ4v) is 4.74. The zero-order chi connectivity index (χ0) is 20.2. The number of hydrogen-bond donors (Lipinski definition) is 0. The van der Waals surface area contributed by atoms with Gasteiger partial charge in [-0.15, -0.1) is 0 Å². The van der Waals surface area contributed by atoms with Gasteiger partial charge in [0.25, 0.3) is 0 Å². The van der Waals surface area contributed by atoms with Crippen molar-refractivity contribution in [2.75, 3.05) is 20.1 Å². The molecule has 1 atom stereocenters. The van der Waals surface area contributed by atoms with Crippen LogP contribution in [0.2, 0.25) is 0 Å². The van der Waals surface area contributed by atoms with E-state index in [9.17, 15) is 9.59 Å². The minimum Gasteiger partial charge on any atom is -0.345 e. The van der Waals surface area contributed by atoms with Gasteiger partial charge in [0.05, 0.1) is 6.42 Å². The molecular formula is C25H30N2O2. The van der Waals surface area contributed by atoms with Crippen LogP contribution < -0.4 is 0 Å². The smallest absolute Gasteiger partial charge is 0.226 e. The molecule has 1 unspecified atom stereocenters. The molecule has 2 aliphatic rings. The molecule has 152 valence electrons. The first kappa shape index (κ1) is 19.7. The van der Waals surface area contributed by atoms with Crippen molar-refractivity contribution in [2.24, 2.45) is 5.92 Å². The van der Waals surface area contributed by atoms with Crippen LogP contribution >= 0.6 is 0 Å². The Morgan fingerprint density at radius 3 is 2.34 bits per heavy atom. The second kappa shape index (κ2) is 8.81. The molecule has 4 rings (SSSR count). The van der Waals surface area contributed by atoms with Crippen molar-refractivity contribution in [3.63, 3.8) is 0 Å². The number of nitrogens with zero attached hydrogens (tertiary/aromatic N) is 2. The third-order valence-electron chi connectivity index (χ3n) is 6.38. The van der Waals surface area contributed by atoms with E-state index in [1.165, 1.54) is 18.4 Å². The van der Waals surface area contributed by atoms with Crippen LogP contribution in [-0.2, 0) is 16.0 Å². The summed E-state index contributed by atoms with van der Waals surface area (Å²) in [5, 5.41) is 0.